The maximum atomic E-state index is 11.9. The number of aliphatic hydroxyl groups excluding tert-OH is 1. The van der Waals surface area contributed by atoms with E-state index in [9.17, 15) is 4.79 Å². The van der Waals surface area contributed by atoms with Gasteiger partial charge in [0.15, 0.2) is 0 Å². The van der Waals surface area contributed by atoms with Crippen molar-refractivity contribution in [1.29, 1.82) is 0 Å². The molecule has 18 heavy (non-hydrogen) atoms. The van der Waals surface area contributed by atoms with E-state index < -0.39 is 0 Å². The molecule has 0 aliphatic rings. The van der Waals surface area contributed by atoms with Gasteiger partial charge in [0.25, 0.3) is 5.91 Å². The molecule has 1 atom stereocenters. The quantitative estimate of drug-likeness (QED) is 0.722. The van der Waals surface area contributed by atoms with E-state index in [4.69, 9.17) is 5.11 Å². The number of hydrogen-bond donors (Lipinski definition) is 2. The minimum atomic E-state index is -0.252. The SMILES string of the molecule is C=CCCC(CO)NC(=O)c1ccn(C(C)C)n1. The summed E-state index contributed by atoms with van der Waals surface area (Å²) in [5.41, 5.74) is 0.376. The summed E-state index contributed by atoms with van der Waals surface area (Å²) in [6.07, 6.45) is 4.97. The second kappa shape index (κ2) is 6.96. The van der Waals surface area contributed by atoms with Gasteiger partial charge in [-0.25, -0.2) is 0 Å². The molecule has 0 fully saturated rings. The zero-order valence-corrected chi connectivity index (χ0v) is 11.0. The van der Waals surface area contributed by atoms with Crippen molar-refractivity contribution < 1.29 is 9.90 Å². The molecule has 100 valence electrons. The molecule has 1 aromatic rings. The van der Waals surface area contributed by atoms with Gasteiger partial charge in [-0.05, 0) is 32.8 Å². The van der Waals surface area contributed by atoms with Crippen LogP contribution in [0.5, 0.6) is 0 Å². The molecule has 0 aliphatic heterocycles. The summed E-state index contributed by atoms with van der Waals surface area (Å²) in [5.74, 6) is -0.252. The minimum Gasteiger partial charge on any atom is -0.394 e. The summed E-state index contributed by atoms with van der Waals surface area (Å²) in [5, 5.41) is 16.1. The Morgan fingerprint density at radius 1 is 1.67 bits per heavy atom. The third kappa shape index (κ3) is 4.00. The van der Waals surface area contributed by atoms with Gasteiger partial charge in [-0.1, -0.05) is 6.08 Å². The normalized spacial score (nSPS) is 12.4. The van der Waals surface area contributed by atoms with Gasteiger partial charge in [0.2, 0.25) is 0 Å². The summed E-state index contributed by atoms with van der Waals surface area (Å²) in [6.45, 7) is 7.53. The highest BCUT2D eigenvalue weighted by atomic mass is 16.3. The average molecular weight is 251 g/mol. The van der Waals surface area contributed by atoms with Gasteiger partial charge in [-0.15, -0.1) is 6.58 Å². The van der Waals surface area contributed by atoms with Gasteiger partial charge >= 0.3 is 0 Å². The highest BCUT2D eigenvalue weighted by Gasteiger charge is 2.15. The number of amides is 1. The number of rotatable bonds is 7. The summed E-state index contributed by atoms with van der Waals surface area (Å²) < 4.78 is 1.73. The molecule has 0 bridgehead atoms. The van der Waals surface area contributed by atoms with Crippen molar-refractivity contribution in [3.63, 3.8) is 0 Å². The first kappa shape index (κ1) is 14.4. The van der Waals surface area contributed by atoms with Crippen LogP contribution in [0, 0.1) is 0 Å². The second-order valence-electron chi connectivity index (χ2n) is 4.49. The molecule has 5 heteroatoms. The van der Waals surface area contributed by atoms with Crippen LogP contribution in [0.2, 0.25) is 0 Å². The van der Waals surface area contributed by atoms with Crippen LogP contribution in [0.4, 0.5) is 0 Å². The molecule has 1 rings (SSSR count). The molecule has 1 amide bonds. The van der Waals surface area contributed by atoms with Gasteiger partial charge in [-0.3, -0.25) is 9.48 Å². The number of carbonyl (C=O) groups excluding carboxylic acids is 1. The molecule has 0 aliphatic carbocycles. The van der Waals surface area contributed by atoms with Crippen LogP contribution >= 0.6 is 0 Å². The fraction of sp³-hybridized carbons (Fsp3) is 0.538. The van der Waals surface area contributed by atoms with Crippen LogP contribution in [0.3, 0.4) is 0 Å². The summed E-state index contributed by atoms with van der Waals surface area (Å²) in [6, 6.07) is 1.65. The smallest absolute Gasteiger partial charge is 0.272 e. The molecule has 0 aromatic carbocycles. The van der Waals surface area contributed by atoms with Crippen LogP contribution in [-0.2, 0) is 0 Å². The summed E-state index contributed by atoms with van der Waals surface area (Å²) in [4.78, 5) is 11.9. The predicted octanol–water partition coefficient (Wildman–Crippen LogP) is 1.52. The lowest BCUT2D eigenvalue weighted by molar-refractivity contribution is 0.0907. The van der Waals surface area contributed by atoms with Gasteiger partial charge in [0.1, 0.15) is 5.69 Å². The minimum absolute atomic E-state index is 0.0789. The Bertz CT molecular complexity index is 399. The molecule has 0 spiro atoms. The molecule has 0 saturated heterocycles. The Labute approximate surface area is 108 Å². The Morgan fingerprint density at radius 3 is 2.89 bits per heavy atom. The van der Waals surface area contributed by atoms with E-state index in [0.29, 0.717) is 12.1 Å². The number of aliphatic hydroxyl groups is 1. The Kier molecular flexibility index (Phi) is 5.58. The van der Waals surface area contributed by atoms with Crippen molar-refractivity contribution in [2.24, 2.45) is 0 Å². The zero-order valence-electron chi connectivity index (χ0n) is 11.0. The first-order valence-electron chi connectivity index (χ1n) is 6.16. The molecule has 0 radical (unpaired) electrons. The maximum absolute atomic E-state index is 11.9. The van der Waals surface area contributed by atoms with Crippen LogP contribution in [0.1, 0.15) is 43.2 Å². The highest BCUT2D eigenvalue weighted by Crippen LogP contribution is 2.05. The van der Waals surface area contributed by atoms with E-state index in [1.165, 1.54) is 0 Å². The van der Waals surface area contributed by atoms with Crippen LogP contribution < -0.4 is 5.32 Å². The molecular weight excluding hydrogens is 230 g/mol. The standard InChI is InChI=1S/C13H21N3O2/c1-4-5-6-11(9-17)14-13(18)12-7-8-16(15-12)10(2)3/h4,7-8,10-11,17H,1,5-6,9H2,2-3H3,(H,14,18). The third-order valence-corrected chi connectivity index (χ3v) is 2.64. The molecule has 1 aromatic heterocycles. The Morgan fingerprint density at radius 2 is 2.39 bits per heavy atom. The van der Waals surface area contributed by atoms with E-state index in [1.807, 2.05) is 13.8 Å². The summed E-state index contributed by atoms with van der Waals surface area (Å²) >= 11 is 0. The third-order valence-electron chi connectivity index (χ3n) is 2.64. The highest BCUT2D eigenvalue weighted by molar-refractivity contribution is 5.92. The number of hydrogen-bond acceptors (Lipinski definition) is 3. The molecule has 2 N–H and O–H groups in total. The number of allylic oxidation sites excluding steroid dienone is 1. The maximum Gasteiger partial charge on any atom is 0.272 e. The van der Waals surface area contributed by atoms with Crippen molar-refractivity contribution in [2.75, 3.05) is 6.61 Å². The van der Waals surface area contributed by atoms with Crippen molar-refractivity contribution in [1.82, 2.24) is 15.1 Å². The lowest BCUT2D eigenvalue weighted by Gasteiger charge is -2.14. The molecule has 0 saturated carbocycles. The van der Waals surface area contributed by atoms with Gasteiger partial charge < -0.3 is 10.4 Å². The van der Waals surface area contributed by atoms with Crippen LogP contribution in [-0.4, -0.2) is 33.4 Å². The predicted molar refractivity (Wildman–Crippen MR) is 70.4 cm³/mol. The number of nitrogens with one attached hydrogen (secondary N) is 1. The number of aromatic nitrogens is 2. The van der Waals surface area contributed by atoms with E-state index in [-0.39, 0.29) is 24.6 Å². The number of nitrogens with zero attached hydrogens (tertiary/aromatic N) is 2. The van der Waals surface area contributed by atoms with Gasteiger partial charge in [0, 0.05) is 12.2 Å². The van der Waals surface area contributed by atoms with Crippen molar-refractivity contribution in [3.8, 4) is 0 Å². The van der Waals surface area contributed by atoms with Crippen LogP contribution in [0.25, 0.3) is 0 Å². The zero-order chi connectivity index (χ0) is 13.5. The summed E-state index contributed by atoms with van der Waals surface area (Å²) in [7, 11) is 0. The monoisotopic (exact) mass is 251 g/mol. The fourth-order valence-corrected chi connectivity index (χ4v) is 1.53. The lowest BCUT2D eigenvalue weighted by Crippen LogP contribution is -2.37. The van der Waals surface area contributed by atoms with Gasteiger partial charge in [0.05, 0.1) is 12.6 Å². The van der Waals surface area contributed by atoms with E-state index >= 15 is 0 Å². The average Bonchev–Trinajstić information content (AvgIpc) is 2.83. The van der Waals surface area contributed by atoms with Crippen molar-refractivity contribution in [3.05, 3.63) is 30.6 Å². The van der Waals surface area contributed by atoms with E-state index in [1.54, 1.807) is 23.0 Å². The molecular formula is C13H21N3O2. The topological polar surface area (TPSA) is 67.2 Å². The fourth-order valence-electron chi connectivity index (χ4n) is 1.53. The van der Waals surface area contributed by atoms with Crippen molar-refractivity contribution >= 4 is 5.91 Å². The molecule has 1 unspecified atom stereocenters. The van der Waals surface area contributed by atoms with Crippen LogP contribution in [0.15, 0.2) is 24.9 Å². The lowest BCUT2D eigenvalue weighted by atomic mass is 10.1. The van der Waals surface area contributed by atoms with Gasteiger partial charge in [-0.2, -0.15) is 5.10 Å². The van der Waals surface area contributed by atoms with E-state index in [0.717, 1.165) is 6.42 Å². The molecule has 1 heterocycles. The number of carbonyl (C=O) groups is 1. The first-order valence-corrected chi connectivity index (χ1v) is 6.16. The second-order valence-corrected chi connectivity index (χ2v) is 4.49. The Hall–Kier alpha value is -1.62. The first-order chi connectivity index (χ1) is 8.58. The van der Waals surface area contributed by atoms with Crippen molar-refractivity contribution in [2.45, 2.75) is 38.8 Å². The Balaban J connectivity index is 2.59. The van der Waals surface area contributed by atoms with E-state index in [2.05, 4.69) is 17.0 Å². The molecule has 5 nitrogen and oxygen atoms in total. The largest absolute Gasteiger partial charge is 0.394 e.